The molecule has 23 heavy (non-hydrogen) atoms. The maximum absolute atomic E-state index is 13.6. The fourth-order valence-electron chi connectivity index (χ4n) is 2.12. The van der Waals surface area contributed by atoms with E-state index in [9.17, 15) is 9.18 Å². The monoisotopic (exact) mass is 335 g/mol. The number of halogens is 2. The van der Waals surface area contributed by atoms with Crippen LogP contribution in [-0.4, -0.2) is 19.1 Å². The predicted octanol–water partition coefficient (Wildman–Crippen LogP) is 4.38. The second kappa shape index (κ2) is 8.65. The molecule has 0 fully saturated rings. The zero-order chi connectivity index (χ0) is 16.7. The molecule has 1 unspecified atom stereocenters. The van der Waals surface area contributed by atoms with E-state index in [0.717, 1.165) is 11.6 Å². The fraction of sp³-hybridized carbons (Fsp3) is 0.278. The topological polar surface area (TPSA) is 38.3 Å². The highest BCUT2D eigenvalue weighted by Gasteiger charge is 2.11. The van der Waals surface area contributed by atoms with E-state index in [2.05, 4.69) is 5.32 Å². The maximum Gasteiger partial charge on any atom is 0.254 e. The first kappa shape index (κ1) is 17.4. The van der Waals surface area contributed by atoms with Crippen molar-refractivity contribution in [1.82, 2.24) is 5.32 Å². The Hall–Kier alpha value is -1.91. The second-order valence-electron chi connectivity index (χ2n) is 5.16. The molecule has 122 valence electrons. The van der Waals surface area contributed by atoms with Crippen LogP contribution in [0.3, 0.4) is 0 Å². The van der Waals surface area contributed by atoms with E-state index >= 15 is 0 Å². The van der Waals surface area contributed by atoms with Crippen molar-refractivity contribution in [3.8, 4) is 0 Å². The van der Waals surface area contributed by atoms with Gasteiger partial charge in [-0.25, -0.2) is 4.39 Å². The lowest BCUT2D eigenvalue weighted by atomic mass is 10.1. The van der Waals surface area contributed by atoms with Crippen molar-refractivity contribution < 1.29 is 13.9 Å². The van der Waals surface area contributed by atoms with Gasteiger partial charge in [0.05, 0.1) is 11.7 Å². The minimum Gasteiger partial charge on any atom is -0.374 e. The van der Waals surface area contributed by atoms with Crippen LogP contribution in [0.1, 0.15) is 35.4 Å². The maximum atomic E-state index is 13.6. The molecule has 1 N–H and O–H groups in total. The third kappa shape index (κ3) is 5.34. The van der Waals surface area contributed by atoms with E-state index in [0.29, 0.717) is 19.6 Å². The van der Waals surface area contributed by atoms with Crippen molar-refractivity contribution in [2.24, 2.45) is 0 Å². The number of carbonyl (C=O) groups excluding carboxylic acids is 1. The van der Waals surface area contributed by atoms with Crippen LogP contribution in [0.4, 0.5) is 4.39 Å². The van der Waals surface area contributed by atoms with Gasteiger partial charge >= 0.3 is 0 Å². The zero-order valence-corrected chi connectivity index (χ0v) is 13.6. The van der Waals surface area contributed by atoms with E-state index in [4.69, 9.17) is 16.3 Å². The minimum absolute atomic E-state index is 0.000566. The molecule has 0 saturated heterocycles. The van der Waals surface area contributed by atoms with E-state index in [-0.39, 0.29) is 16.7 Å². The Labute approximate surface area is 140 Å². The standard InChI is InChI=1S/C18H19ClFNO2/c1-13(14-6-3-2-4-7-14)23-11-5-10-21-18(22)16-9-8-15(19)12-17(16)20/h2-4,6-9,12-13H,5,10-11H2,1H3,(H,21,22). The Morgan fingerprint density at radius 1 is 1.26 bits per heavy atom. The summed E-state index contributed by atoms with van der Waals surface area (Å²) in [6.45, 7) is 2.92. The molecule has 0 saturated carbocycles. The van der Waals surface area contributed by atoms with E-state index in [1.807, 2.05) is 37.3 Å². The Morgan fingerprint density at radius 2 is 2.00 bits per heavy atom. The summed E-state index contributed by atoms with van der Waals surface area (Å²) in [6, 6.07) is 13.9. The molecule has 2 rings (SSSR count). The molecule has 3 nitrogen and oxygen atoms in total. The SMILES string of the molecule is CC(OCCCNC(=O)c1ccc(Cl)cc1F)c1ccccc1. The number of amides is 1. The quantitative estimate of drug-likeness (QED) is 0.763. The first-order valence-electron chi connectivity index (χ1n) is 7.47. The van der Waals surface area contributed by atoms with Gasteiger partial charge in [0.15, 0.2) is 0 Å². The van der Waals surface area contributed by atoms with Crippen LogP contribution in [0.25, 0.3) is 0 Å². The summed E-state index contributed by atoms with van der Waals surface area (Å²) in [4.78, 5) is 11.9. The van der Waals surface area contributed by atoms with Gasteiger partial charge in [0.2, 0.25) is 0 Å². The molecule has 0 aliphatic carbocycles. The summed E-state index contributed by atoms with van der Waals surface area (Å²) in [5, 5.41) is 2.94. The lowest BCUT2D eigenvalue weighted by molar-refractivity contribution is 0.0634. The van der Waals surface area contributed by atoms with Gasteiger partial charge < -0.3 is 10.1 Å². The molecule has 0 heterocycles. The molecule has 0 bridgehead atoms. The Bertz CT molecular complexity index is 649. The van der Waals surface area contributed by atoms with Crippen molar-refractivity contribution in [1.29, 1.82) is 0 Å². The molecule has 0 aliphatic heterocycles. The van der Waals surface area contributed by atoms with E-state index in [1.54, 1.807) is 0 Å². The van der Waals surface area contributed by atoms with Crippen LogP contribution in [0.5, 0.6) is 0 Å². The van der Waals surface area contributed by atoms with Crippen LogP contribution in [0.15, 0.2) is 48.5 Å². The van der Waals surface area contributed by atoms with Gasteiger partial charge in [-0.05, 0) is 37.1 Å². The molecule has 5 heteroatoms. The highest BCUT2D eigenvalue weighted by Crippen LogP contribution is 2.16. The van der Waals surface area contributed by atoms with E-state index < -0.39 is 11.7 Å². The summed E-state index contributed by atoms with van der Waals surface area (Å²) < 4.78 is 19.3. The number of hydrogen-bond donors (Lipinski definition) is 1. The van der Waals surface area contributed by atoms with Crippen LogP contribution in [0, 0.1) is 5.82 Å². The van der Waals surface area contributed by atoms with Crippen molar-refractivity contribution in [2.45, 2.75) is 19.4 Å². The first-order valence-corrected chi connectivity index (χ1v) is 7.85. The normalized spacial score (nSPS) is 12.0. The summed E-state index contributed by atoms with van der Waals surface area (Å²) in [5.41, 5.74) is 1.10. The molecule has 0 spiro atoms. The zero-order valence-electron chi connectivity index (χ0n) is 12.9. The first-order chi connectivity index (χ1) is 11.1. The van der Waals surface area contributed by atoms with Gasteiger partial charge in [-0.3, -0.25) is 4.79 Å². The number of rotatable bonds is 7. The van der Waals surface area contributed by atoms with Gasteiger partial charge in [-0.1, -0.05) is 41.9 Å². The summed E-state index contributed by atoms with van der Waals surface area (Å²) in [7, 11) is 0. The highest BCUT2D eigenvalue weighted by molar-refractivity contribution is 6.30. The van der Waals surface area contributed by atoms with Crippen LogP contribution in [0.2, 0.25) is 5.02 Å². The van der Waals surface area contributed by atoms with Crippen LogP contribution >= 0.6 is 11.6 Å². The van der Waals surface area contributed by atoms with Gasteiger partial charge in [-0.15, -0.1) is 0 Å². The molecule has 2 aromatic carbocycles. The van der Waals surface area contributed by atoms with Gasteiger partial charge in [0.25, 0.3) is 5.91 Å². The smallest absolute Gasteiger partial charge is 0.254 e. The number of benzene rings is 2. The molecule has 0 radical (unpaired) electrons. The summed E-state index contributed by atoms with van der Waals surface area (Å²) in [6.07, 6.45) is 0.651. The minimum atomic E-state index is -0.621. The Balaban J connectivity index is 1.70. The number of carbonyl (C=O) groups is 1. The van der Waals surface area contributed by atoms with Gasteiger partial charge in [0, 0.05) is 18.2 Å². The summed E-state index contributed by atoms with van der Waals surface area (Å²) >= 11 is 5.66. The highest BCUT2D eigenvalue weighted by atomic mass is 35.5. The van der Waals surface area contributed by atoms with Crippen LogP contribution < -0.4 is 5.32 Å². The number of hydrogen-bond acceptors (Lipinski definition) is 2. The number of nitrogens with one attached hydrogen (secondary N) is 1. The largest absolute Gasteiger partial charge is 0.374 e. The molecule has 2 aromatic rings. The second-order valence-corrected chi connectivity index (χ2v) is 5.59. The summed E-state index contributed by atoms with van der Waals surface area (Å²) in [5.74, 6) is -1.07. The molecular weight excluding hydrogens is 317 g/mol. The third-order valence-electron chi connectivity index (χ3n) is 3.42. The molecule has 0 aromatic heterocycles. The van der Waals surface area contributed by atoms with Crippen molar-refractivity contribution >= 4 is 17.5 Å². The van der Waals surface area contributed by atoms with E-state index in [1.165, 1.54) is 12.1 Å². The molecule has 0 aliphatic rings. The Kier molecular flexibility index (Phi) is 6.56. The lowest BCUT2D eigenvalue weighted by Gasteiger charge is -2.13. The molecular formula is C18H19ClFNO2. The van der Waals surface area contributed by atoms with Gasteiger partial charge in [0.1, 0.15) is 5.82 Å². The van der Waals surface area contributed by atoms with Crippen molar-refractivity contribution in [2.75, 3.05) is 13.2 Å². The average molecular weight is 336 g/mol. The van der Waals surface area contributed by atoms with Crippen molar-refractivity contribution in [3.63, 3.8) is 0 Å². The molecule has 1 amide bonds. The van der Waals surface area contributed by atoms with Crippen molar-refractivity contribution in [3.05, 3.63) is 70.5 Å². The third-order valence-corrected chi connectivity index (χ3v) is 3.65. The predicted molar refractivity (Wildman–Crippen MR) is 89.2 cm³/mol. The fourth-order valence-corrected chi connectivity index (χ4v) is 2.28. The van der Waals surface area contributed by atoms with Crippen LogP contribution in [-0.2, 0) is 4.74 Å². The molecule has 1 atom stereocenters. The van der Waals surface area contributed by atoms with Gasteiger partial charge in [-0.2, -0.15) is 0 Å². The Morgan fingerprint density at radius 3 is 2.70 bits per heavy atom. The number of ether oxygens (including phenoxy) is 1. The average Bonchev–Trinajstić information content (AvgIpc) is 2.55. The lowest BCUT2D eigenvalue weighted by Crippen LogP contribution is -2.26.